The van der Waals surface area contributed by atoms with E-state index in [1.807, 2.05) is 0 Å². The molecule has 0 heterocycles. The van der Waals surface area contributed by atoms with Gasteiger partial charge < -0.3 is 37.2 Å². The monoisotopic (exact) mass is 603 g/mol. The van der Waals surface area contributed by atoms with Crippen molar-refractivity contribution >= 4 is 47.0 Å². The number of carboxylic acids is 1. The van der Waals surface area contributed by atoms with Crippen molar-refractivity contribution in [3.05, 3.63) is 65.7 Å². The summed E-state index contributed by atoms with van der Waals surface area (Å²) in [5.41, 5.74) is 7.29. The maximum Gasteiger partial charge on any atom is 0.326 e. The fraction of sp³-hybridized carbons (Fsp3) is 0.357. The number of hydrogen-bond donors (Lipinski definition) is 7. The lowest BCUT2D eigenvalue weighted by Crippen LogP contribution is -2.55. The number of carboxylic acid groups (broad SMARTS) is 1. The summed E-state index contributed by atoms with van der Waals surface area (Å²) in [7, 11) is 0. The number of aromatic hydroxyl groups is 1. The lowest BCUT2D eigenvalue weighted by atomic mass is 10.0. The molecule has 0 spiro atoms. The molecule has 2 aromatic carbocycles. The second-order valence-electron chi connectivity index (χ2n) is 9.51. The average molecular weight is 604 g/mol. The van der Waals surface area contributed by atoms with Gasteiger partial charge in [0, 0.05) is 12.8 Å². The van der Waals surface area contributed by atoms with E-state index in [9.17, 15) is 39.0 Å². The zero-order chi connectivity index (χ0) is 31.2. The first kappa shape index (κ1) is 33.7. The minimum atomic E-state index is -1.55. The molecule has 0 bridgehead atoms. The average Bonchev–Trinajstić information content (AvgIpc) is 2.96. The number of halogens is 1. The Labute approximate surface area is 247 Å². The fourth-order valence-electron chi connectivity index (χ4n) is 3.74. The van der Waals surface area contributed by atoms with Crippen molar-refractivity contribution in [2.24, 2.45) is 5.73 Å². The smallest absolute Gasteiger partial charge is 0.326 e. The predicted octanol–water partition coefficient (Wildman–Crippen LogP) is -0.622. The largest absolute Gasteiger partial charge is 0.508 e. The maximum atomic E-state index is 13.0. The molecular weight excluding hydrogens is 570 g/mol. The van der Waals surface area contributed by atoms with Crippen LogP contribution in [0.3, 0.4) is 0 Å². The fourth-order valence-corrected chi connectivity index (χ4v) is 3.85. The number of amides is 4. The van der Waals surface area contributed by atoms with E-state index >= 15 is 0 Å². The minimum absolute atomic E-state index is 0.00642. The molecule has 0 aliphatic rings. The van der Waals surface area contributed by atoms with Crippen LogP contribution in [0.5, 0.6) is 5.75 Å². The van der Waals surface area contributed by atoms with Crippen LogP contribution in [-0.4, -0.2) is 82.2 Å². The van der Waals surface area contributed by atoms with Crippen molar-refractivity contribution in [1.82, 2.24) is 21.3 Å². The highest BCUT2D eigenvalue weighted by molar-refractivity contribution is 6.27. The molecule has 4 atom stereocenters. The van der Waals surface area contributed by atoms with E-state index in [0.717, 1.165) is 0 Å². The number of rotatable bonds is 16. The predicted molar refractivity (Wildman–Crippen MR) is 152 cm³/mol. The Morgan fingerprint density at radius 3 is 2.02 bits per heavy atom. The summed E-state index contributed by atoms with van der Waals surface area (Å²) in [5.74, 6) is -5.29. The number of Topliss-reactive ketones (excluding diaryl/α,β-unsaturated/α-hetero) is 1. The van der Waals surface area contributed by atoms with Crippen LogP contribution in [-0.2, 0) is 41.6 Å². The Morgan fingerprint density at radius 2 is 1.43 bits per heavy atom. The van der Waals surface area contributed by atoms with Gasteiger partial charge in [-0.3, -0.25) is 24.0 Å². The van der Waals surface area contributed by atoms with Gasteiger partial charge in [-0.1, -0.05) is 42.5 Å². The summed E-state index contributed by atoms with van der Waals surface area (Å²) < 4.78 is 0. The summed E-state index contributed by atoms with van der Waals surface area (Å²) in [5, 5.41) is 28.3. The van der Waals surface area contributed by atoms with E-state index in [-0.39, 0.29) is 18.6 Å². The van der Waals surface area contributed by atoms with Gasteiger partial charge in [-0.05, 0) is 36.6 Å². The molecule has 14 heteroatoms. The van der Waals surface area contributed by atoms with E-state index < -0.39 is 78.4 Å². The Bertz CT molecular complexity index is 1260. The first-order valence-electron chi connectivity index (χ1n) is 12.9. The summed E-state index contributed by atoms with van der Waals surface area (Å²) in [6, 6.07) is 9.95. The highest BCUT2D eigenvalue weighted by Crippen LogP contribution is 2.11. The van der Waals surface area contributed by atoms with Gasteiger partial charge in [0.1, 0.15) is 29.7 Å². The highest BCUT2D eigenvalue weighted by Gasteiger charge is 2.28. The van der Waals surface area contributed by atoms with Gasteiger partial charge in [-0.25, -0.2) is 4.79 Å². The summed E-state index contributed by atoms with van der Waals surface area (Å²) in [6.07, 6.45) is -0.376. The van der Waals surface area contributed by atoms with Gasteiger partial charge >= 0.3 is 5.97 Å². The molecule has 0 fully saturated rings. The lowest BCUT2D eigenvalue weighted by molar-refractivity contribution is -0.143. The maximum absolute atomic E-state index is 13.0. The minimum Gasteiger partial charge on any atom is -0.508 e. The van der Waals surface area contributed by atoms with Crippen molar-refractivity contribution in [2.45, 2.75) is 50.4 Å². The third kappa shape index (κ3) is 11.6. The molecule has 4 amide bonds. The van der Waals surface area contributed by atoms with Crippen molar-refractivity contribution in [1.29, 1.82) is 0 Å². The normalized spacial score (nSPS) is 13.5. The number of ketones is 1. The van der Waals surface area contributed by atoms with Crippen LogP contribution in [0.25, 0.3) is 0 Å². The zero-order valence-corrected chi connectivity index (χ0v) is 23.6. The Morgan fingerprint density at radius 1 is 0.810 bits per heavy atom. The molecule has 0 unspecified atom stereocenters. The lowest BCUT2D eigenvalue weighted by Gasteiger charge is -2.22. The molecule has 0 radical (unpaired) electrons. The van der Waals surface area contributed by atoms with Crippen molar-refractivity contribution in [3.63, 3.8) is 0 Å². The number of phenolic OH excluding ortho intramolecular Hbond substituents is 1. The van der Waals surface area contributed by atoms with Crippen LogP contribution in [0.2, 0.25) is 0 Å². The molecule has 8 N–H and O–H groups in total. The zero-order valence-electron chi connectivity index (χ0n) is 22.8. The van der Waals surface area contributed by atoms with Crippen molar-refractivity contribution < 1.29 is 39.0 Å². The van der Waals surface area contributed by atoms with E-state index in [4.69, 9.17) is 17.3 Å². The third-order valence-corrected chi connectivity index (χ3v) is 6.33. The molecule has 0 saturated carbocycles. The molecule has 2 aromatic rings. The van der Waals surface area contributed by atoms with Gasteiger partial charge in [0.15, 0.2) is 0 Å². The van der Waals surface area contributed by atoms with Crippen LogP contribution in [0.4, 0.5) is 0 Å². The molecule has 226 valence electrons. The van der Waals surface area contributed by atoms with Crippen LogP contribution < -0.4 is 27.0 Å². The number of aliphatic carboxylic acids is 1. The van der Waals surface area contributed by atoms with Crippen LogP contribution in [0.15, 0.2) is 54.6 Å². The number of hydrogen-bond acceptors (Lipinski definition) is 8. The van der Waals surface area contributed by atoms with Crippen LogP contribution >= 0.6 is 11.6 Å². The summed E-state index contributed by atoms with van der Waals surface area (Å²) in [6.45, 7) is 0.850. The molecule has 0 aliphatic heterocycles. The molecular formula is C28H34ClN5O8. The van der Waals surface area contributed by atoms with Crippen molar-refractivity contribution in [3.8, 4) is 5.75 Å². The number of alkyl halides is 1. The molecule has 0 saturated heterocycles. The molecule has 13 nitrogen and oxygen atoms in total. The number of benzene rings is 2. The molecule has 0 aliphatic carbocycles. The Hall–Kier alpha value is -4.49. The quantitative estimate of drug-likeness (QED) is 0.121. The molecule has 42 heavy (non-hydrogen) atoms. The number of nitrogens with two attached hydrogens (primary N) is 1. The second kappa shape index (κ2) is 16.7. The third-order valence-electron chi connectivity index (χ3n) is 6.03. The number of nitrogens with one attached hydrogen (secondary N) is 4. The van der Waals surface area contributed by atoms with E-state index in [0.29, 0.717) is 11.1 Å². The topological polar surface area (TPSA) is 217 Å². The second-order valence-corrected chi connectivity index (χ2v) is 9.78. The van der Waals surface area contributed by atoms with Gasteiger partial charge in [0.05, 0.1) is 18.5 Å². The molecule has 0 aromatic heterocycles. The van der Waals surface area contributed by atoms with E-state index in [2.05, 4.69) is 21.3 Å². The van der Waals surface area contributed by atoms with Gasteiger partial charge in [-0.2, -0.15) is 0 Å². The Kier molecular flexibility index (Phi) is 13.4. The standard InChI is InChI=1S/C28H34ClN5O8/c1-16(32-26(39)21(30)11-18-7-9-19(35)10-8-18)25(38)31-15-24(37)33-22(12-17-5-3-2-4-6-17)27(40)34-23(28(41)42)13-20(36)14-29/h2-10,16,21-23,35H,11-15,30H2,1H3,(H,31,38)(H,32,39)(H,33,37)(H,34,40)(H,41,42)/t16-,21+,22+,23+/m1/s1. The van der Waals surface area contributed by atoms with Crippen molar-refractivity contribution in [2.75, 3.05) is 12.4 Å². The number of carbonyl (C=O) groups excluding carboxylic acids is 5. The molecule has 2 rings (SSSR count). The first-order chi connectivity index (χ1) is 19.9. The van der Waals surface area contributed by atoms with E-state index in [1.165, 1.54) is 19.1 Å². The summed E-state index contributed by atoms with van der Waals surface area (Å²) in [4.78, 5) is 73.7. The van der Waals surface area contributed by atoms with Gasteiger partial charge in [0.25, 0.3) is 0 Å². The van der Waals surface area contributed by atoms with Crippen LogP contribution in [0, 0.1) is 0 Å². The Balaban J connectivity index is 1.95. The highest BCUT2D eigenvalue weighted by atomic mass is 35.5. The van der Waals surface area contributed by atoms with E-state index in [1.54, 1.807) is 42.5 Å². The SMILES string of the molecule is C[C@@H](NC(=O)[C@@H](N)Cc1ccc(O)cc1)C(=O)NCC(=O)N[C@@H](Cc1ccccc1)C(=O)N[C@@H](CC(=O)CCl)C(=O)O. The first-order valence-corrected chi connectivity index (χ1v) is 13.5. The van der Waals surface area contributed by atoms with Gasteiger partial charge in [0.2, 0.25) is 23.6 Å². The van der Waals surface area contributed by atoms with Crippen LogP contribution in [0.1, 0.15) is 24.5 Å². The number of phenols is 1. The van der Waals surface area contributed by atoms with Gasteiger partial charge in [-0.15, -0.1) is 11.6 Å². The summed E-state index contributed by atoms with van der Waals surface area (Å²) >= 11 is 5.46. The number of carbonyl (C=O) groups is 6.